The molecule has 0 fully saturated rings. The van der Waals surface area contributed by atoms with Crippen LogP contribution in [0.5, 0.6) is 23.0 Å². The molecule has 0 aliphatic rings. The van der Waals surface area contributed by atoms with E-state index in [0.717, 1.165) is 135 Å². The van der Waals surface area contributed by atoms with Crippen molar-refractivity contribution in [2.24, 2.45) is 0 Å². The van der Waals surface area contributed by atoms with Gasteiger partial charge < -0.3 is 32.6 Å². The molecule has 1 unspecified atom stereocenters. The lowest BCUT2D eigenvalue weighted by molar-refractivity contribution is 0.234. The summed E-state index contributed by atoms with van der Waals surface area (Å²) in [5, 5.41) is 73.5. The largest absolute Gasteiger partial charge is 0.457 e. The average Bonchev–Trinajstić information content (AvgIpc) is 1.49. The molecule has 19 rings (SSSR count). The van der Waals surface area contributed by atoms with Crippen LogP contribution in [0.3, 0.4) is 0 Å². The second-order valence-electron chi connectivity index (χ2n) is 35.0. The van der Waals surface area contributed by atoms with Crippen molar-refractivity contribution in [1.29, 1.82) is 21.0 Å². The van der Waals surface area contributed by atoms with Gasteiger partial charge in [-0.05, 0) is 228 Å². The Morgan fingerprint density at radius 3 is 1.23 bits per heavy atom. The molecular weight excluding hydrogens is 1920 g/mol. The van der Waals surface area contributed by atoms with E-state index in [1.54, 1.807) is 49.6 Å². The van der Waals surface area contributed by atoms with Crippen LogP contribution >= 0.6 is 27.3 Å². The molecule has 0 spiro atoms. The topological polar surface area (TPSA) is 262 Å². The van der Waals surface area contributed by atoms with Crippen molar-refractivity contribution < 1.29 is 27.0 Å². The van der Waals surface area contributed by atoms with Crippen LogP contribution in [-0.2, 0) is 91.4 Å². The Morgan fingerprint density at radius 1 is 0.356 bits per heavy atom. The maximum Gasteiger partial charge on any atom is 0.152 e. The summed E-state index contributed by atoms with van der Waals surface area (Å²) in [5.41, 5.74) is 14.0. The predicted molar refractivity (Wildman–Crippen MR) is 559 cm³/mol. The van der Waals surface area contributed by atoms with Crippen LogP contribution in [0.4, 0.5) is 23.2 Å². The highest BCUT2D eigenvalue weighted by atomic mass is 79.9. The van der Waals surface area contributed by atoms with Crippen molar-refractivity contribution in [2.45, 2.75) is 111 Å². The number of halogens is 5. The van der Waals surface area contributed by atoms with Crippen LogP contribution in [0.25, 0.3) is 10.9 Å². The summed E-state index contributed by atoms with van der Waals surface area (Å²) in [7, 11) is 0. The number of aromatic nitrogens is 13. The van der Waals surface area contributed by atoms with Crippen molar-refractivity contribution in [2.75, 3.05) is 24.5 Å². The second-order valence-corrected chi connectivity index (χ2v) is 36.9. The summed E-state index contributed by atoms with van der Waals surface area (Å²) in [6.07, 6.45) is 9.93. The minimum absolute atomic E-state index is 0.189. The van der Waals surface area contributed by atoms with Gasteiger partial charge >= 0.3 is 0 Å². The first-order valence-corrected chi connectivity index (χ1v) is 49.2. The van der Waals surface area contributed by atoms with Gasteiger partial charge in [-0.15, -0.1) is 52.1 Å². The Bertz CT molecular complexity index is 7530. The molecule has 0 radical (unpaired) electrons. The number of benzene rings is 13. The number of nitrogens with zero attached hydrogens (tertiary/aromatic N) is 21. The van der Waals surface area contributed by atoms with Gasteiger partial charge in [0.1, 0.15) is 89.0 Å². The molecule has 6 heterocycles. The van der Waals surface area contributed by atoms with E-state index < -0.39 is 23.3 Å². The number of rotatable bonds is 39. The van der Waals surface area contributed by atoms with E-state index in [4.69, 9.17) is 35.5 Å². The third-order valence-corrected chi connectivity index (χ3v) is 25.9. The number of anilines is 1. The summed E-state index contributed by atoms with van der Waals surface area (Å²) in [6.45, 7) is 11.3. The summed E-state index contributed by atoms with van der Waals surface area (Å²) >= 11 is 5.34. The van der Waals surface area contributed by atoms with Crippen molar-refractivity contribution in [3.63, 3.8) is 0 Å². The van der Waals surface area contributed by atoms with Crippen molar-refractivity contribution in [3.8, 4) is 47.3 Å². The summed E-state index contributed by atoms with van der Waals surface area (Å²) in [5.74, 6) is 4.15. The number of pyridine rings is 1. The molecule has 13 aromatic carbocycles. The number of thiophene rings is 1. The summed E-state index contributed by atoms with van der Waals surface area (Å²) < 4.78 is 77.1. The van der Waals surface area contributed by atoms with E-state index in [1.165, 1.54) is 40.3 Å². The second kappa shape index (κ2) is 52.1. The van der Waals surface area contributed by atoms with Gasteiger partial charge in [-0.2, -0.15) is 21.0 Å². The molecule has 0 aliphatic carbocycles. The van der Waals surface area contributed by atoms with E-state index >= 15 is 0 Å². The molecule has 6 aromatic heterocycles. The van der Waals surface area contributed by atoms with Gasteiger partial charge in [-0.3, -0.25) is 19.7 Å². The maximum absolute atomic E-state index is 14.6. The fraction of sp³-hybridized carbons (Fsp3) is 0.171. The minimum atomic E-state index is -0.623. The van der Waals surface area contributed by atoms with Crippen LogP contribution in [0.1, 0.15) is 125 Å². The Kier molecular flexibility index (Phi) is 36.4. The lowest BCUT2D eigenvalue weighted by atomic mass is 9.97. The van der Waals surface area contributed by atoms with Gasteiger partial charge in [0.05, 0.1) is 110 Å². The Morgan fingerprint density at radius 2 is 0.767 bits per heavy atom. The number of hydrogen-bond acceptors (Lipinski definition) is 20. The molecular formula is C117H102BrF4N21O2S. The Hall–Kier alpha value is -17.0. The number of nitriles is 4. The molecule has 1 atom stereocenters. The summed E-state index contributed by atoms with van der Waals surface area (Å²) in [6, 6.07) is 116. The van der Waals surface area contributed by atoms with Crippen LogP contribution in [0.2, 0.25) is 0 Å². The van der Waals surface area contributed by atoms with Gasteiger partial charge in [0, 0.05) is 83.0 Å². The number of hydrogen-bond donors (Lipinski definition) is 0. The Balaban J connectivity index is 0.000000139. The number of para-hydroxylation sites is 3. The van der Waals surface area contributed by atoms with Crippen molar-refractivity contribution >= 4 is 43.9 Å². The molecule has 19 aromatic rings. The SMILES string of the molecule is CC(CCN(CCc1cccs1)Cc1nncn1Cc1ccc(C#N)cc1)c1ccccc1.N#Cc1ccc(Cn2cnnc2CN(CCc2ccc(Br)cc2)Cc2ccc3ccccc3n2)cc1.N#Cc1ccc(Cn2cnnc2CN(Cc2ccc(F)cc2F)c2ccc(Oc3ccccc3)cc2)cc1.N#Cc1ccc(Cn2cnnc2CN(Cc2ccc(Oc3ccccc3)cc2)Cc2ccc(F)cc2F)cc1. The smallest absolute Gasteiger partial charge is 0.152 e. The van der Waals surface area contributed by atoms with E-state index in [2.05, 4.69) is 203 Å². The predicted octanol–water partition coefficient (Wildman–Crippen LogP) is 24.2. The molecule has 0 bridgehead atoms. The molecule has 0 saturated carbocycles. The third kappa shape index (κ3) is 30.5. The van der Waals surface area contributed by atoms with E-state index in [-0.39, 0.29) is 13.1 Å². The number of fused-ring (bicyclic) bond motifs is 1. The van der Waals surface area contributed by atoms with Crippen molar-refractivity contribution in [1.82, 2.24) is 78.7 Å². The first-order valence-electron chi connectivity index (χ1n) is 47.5. The fourth-order valence-electron chi connectivity index (χ4n) is 16.4. The lowest BCUT2D eigenvalue weighted by Gasteiger charge is -2.25. The molecule has 0 amide bonds. The lowest BCUT2D eigenvalue weighted by Crippen LogP contribution is -2.29. The van der Waals surface area contributed by atoms with Gasteiger partial charge in [0.15, 0.2) is 5.82 Å². The molecule has 0 saturated heterocycles. The van der Waals surface area contributed by atoms with Gasteiger partial charge in [0.25, 0.3) is 0 Å². The highest BCUT2D eigenvalue weighted by Crippen LogP contribution is 2.31. The van der Waals surface area contributed by atoms with Crippen LogP contribution in [-0.4, -0.2) is 98.4 Å². The van der Waals surface area contributed by atoms with Crippen LogP contribution in [0, 0.1) is 68.6 Å². The molecule has 29 heteroatoms. The maximum atomic E-state index is 14.6. The zero-order valence-corrected chi connectivity index (χ0v) is 82.5. The Labute approximate surface area is 857 Å². The van der Waals surface area contributed by atoms with E-state index in [9.17, 15) is 17.6 Å². The molecule has 23 nitrogen and oxygen atoms in total. The zero-order chi connectivity index (χ0) is 101. The quantitative estimate of drug-likeness (QED) is 0.0324. The van der Waals surface area contributed by atoms with Gasteiger partial charge in [0.2, 0.25) is 0 Å². The first kappa shape index (κ1) is 102. The van der Waals surface area contributed by atoms with Gasteiger partial charge in [-0.25, -0.2) is 17.6 Å². The fourth-order valence-corrected chi connectivity index (χ4v) is 17.3. The molecule has 0 N–H and O–H groups in total. The molecule has 146 heavy (non-hydrogen) atoms. The van der Waals surface area contributed by atoms with E-state index in [1.807, 2.05) is 224 Å². The highest BCUT2D eigenvalue weighted by Gasteiger charge is 2.23. The molecule has 0 aliphatic heterocycles. The molecule has 728 valence electrons. The monoisotopic (exact) mass is 2020 g/mol. The average molecular weight is 2020 g/mol. The van der Waals surface area contributed by atoms with Crippen LogP contribution in [0.15, 0.2) is 381 Å². The van der Waals surface area contributed by atoms with Gasteiger partial charge in [-0.1, -0.05) is 205 Å². The standard InChI is InChI=1S/C31H25F2N5O.C30H23F2N5O.C29H25BrN6.C27H29N5S/c32-27-13-12-26(30(33)16-27)20-37(18-24-10-14-29(15-11-24)39-28-4-2-1-3-5-28)21-31-36-35-22-38(31)19-25-8-6-23(17-34)7-9-25;31-25-11-10-24(29(32)16-25)19-36(26-12-14-28(15-13-26)38-27-4-2-1-3-5-27)20-30-35-34-21-37(30)18-23-8-6-22(17-33)7-9-23;30-26-12-9-22(10-13-26)15-16-35(19-27-14-11-25-3-1-2-4-28(25)33-27)20-29-34-32-21-36(29)18-24-7-5-23(17-31)6-8-24;1-22(25-6-3-2-4-7-25)13-15-31(16-14-26-8-5-17-33-26)20-27-30-29-21-32(27)19-24-11-9-23(18-28)10-12-24/h1-16,22H,18-21H2;1-16,21H,18-20H2;1-14,21H,15-16,18-20H2;2-12,17,21-22H,13-16,19-20H2,1H3. The highest BCUT2D eigenvalue weighted by molar-refractivity contribution is 9.10. The summed E-state index contributed by atoms with van der Waals surface area (Å²) in [4.78, 5) is 15.2. The minimum Gasteiger partial charge on any atom is -0.457 e. The first-order chi connectivity index (χ1) is 71.5. The number of ether oxygens (including phenoxy) is 2. The van der Waals surface area contributed by atoms with Crippen LogP contribution < -0.4 is 14.4 Å². The van der Waals surface area contributed by atoms with E-state index in [0.29, 0.717) is 121 Å². The van der Waals surface area contributed by atoms with Crippen molar-refractivity contribution in [3.05, 3.63) is 510 Å². The normalized spacial score (nSPS) is 11.2. The zero-order valence-electron chi connectivity index (χ0n) is 80.1. The third-order valence-electron chi connectivity index (χ3n) is 24.4.